The molecule has 1 atom stereocenters. The molecule has 1 aliphatic heterocycles. The molecule has 1 saturated heterocycles. The van der Waals surface area contributed by atoms with E-state index in [4.69, 9.17) is 4.74 Å². The van der Waals surface area contributed by atoms with Crippen molar-refractivity contribution in [1.29, 1.82) is 0 Å². The highest BCUT2D eigenvalue weighted by Crippen LogP contribution is 2.40. The summed E-state index contributed by atoms with van der Waals surface area (Å²) in [5, 5.41) is 9.68. The summed E-state index contributed by atoms with van der Waals surface area (Å²) in [5.41, 5.74) is -0.100. The summed E-state index contributed by atoms with van der Waals surface area (Å²) < 4.78 is 63.1. The van der Waals surface area contributed by atoms with E-state index in [2.05, 4.69) is 4.74 Å². The van der Waals surface area contributed by atoms with Gasteiger partial charge in [-0.25, -0.2) is 9.18 Å². The van der Waals surface area contributed by atoms with Gasteiger partial charge in [0.25, 0.3) is 0 Å². The maximum absolute atomic E-state index is 14.9. The Morgan fingerprint density at radius 2 is 1.76 bits per heavy atom. The number of rotatable bonds is 7. The Balaban J connectivity index is 1.63. The molecule has 0 spiro atoms. The quantitative estimate of drug-likeness (QED) is 0.572. The van der Waals surface area contributed by atoms with Gasteiger partial charge in [0.05, 0.1) is 0 Å². The molecule has 3 rings (SSSR count). The van der Waals surface area contributed by atoms with Gasteiger partial charge in [0.1, 0.15) is 12.0 Å². The third-order valence-electron chi connectivity index (χ3n) is 6.64. The van der Waals surface area contributed by atoms with Crippen molar-refractivity contribution in [3.63, 3.8) is 0 Å². The number of carboxylic acids is 1. The normalized spacial score (nSPS) is 19.6. The van der Waals surface area contributed by atoms with Crippen LogP contribution in [0.25, 0.3) is 0 Å². The van der Waals surface area contributed by atoms with Crippen molar-refractivity contribution in [2.24, 2.45) is 5.41 Å². The molecule has 1 heterocycles. The number of nitrogens with zero attached hydrogens (tertiary/aromatic N) is 2. The van der Waals surface area contributed by atoms with Gasteiger partial charge in [0, 0.05) is 38.3 Å². The largest absolute Gasteiger partial charge is 0.489 e. The zero-order valence-corrected chi connectivity index (χ0v) is 19.3. The second-order valence-corrected chi connectivity index (χ2v) is 9.10. The second kappa shape index (κ2) is 10.4. The number of halogens is 4. The molecule has 34 heavy (non-hydrogen) atoms. The Labute approximate surface area is 195 Å². The van der Waals surface area contributed by atoms with Crippen molar-refractivity contribution < 1.29 is 41.7 Å². The lowest BCUT2D eigenvalue weighted by Gasteiger charge is -2.35. The molecular formula is C23H30F4N2O5. The first-order chi connectivity index (χ1) is 15.9. The van der Waals surface area contributed by atoms with Crippen molar-refractivity contribution in [3.05, 3.63) is 29.1 Å². The number of carbonyl (C=O) groups is 2. The lowest BCUT2D eigenvalue weighted by Crippen LogP contribution is -2.49. The molecule has 1 aromatic carbocycles. The smallest absolute Gasteiger partial charge is 0.425 e. The molecule has 7 nitrogen and oxygen atoms in total. The molecule has 190 valence electrons. The second-order valence-electron chi connectivity index (χ2n) is 9.10. The third-order valence-corrected chi connectivity index (χ3v) is 6.64. The lowest BCUT2D eigenvalue weighted by molar-refractivity contribution is -0.200. The topological polar surface area (TPSA) is 79.3 Å². The molecule has 1 amide bonds. The van der Waals surface area contributed by atoms with Gasteiger partial charge < -0.3 is 19.5 Å². The summed E-state index contributed by atoms with van der Waals surface area (Å²) in [6.45, 7) is 3.57. The predicted molar refractivity (Wildman–Crippen MR) is 114 cm³/mol. The van der Waals surface area contributed by atoms with E-state index in [1.165, 1.54) is 4.90 Å². The Hall–Kier alpha value is -2.56. The van der Waals surface area contributed by atoms with Crippen molar-refractivity contribution in [3.8, 4) is 5.75 Å². The van der Waals surface area contributed by atoms with Crippen LogP contribution in [0.1, 0.15) is 43.7 Å². The van der Waals surface area contributed by atoms with Crippen molar-refractivity contribution in [2.45, 2.75) is 58.4 Å². The molecule has 2 fully saturated rings. The van der Waals surface area contributed by atoms with Crippen molar-refractivity contribution >= 4 is 12.1 Å². The number of hydrogen-bond acceptors (Lipinski definition) is 5. The van der Waals surface area contributed by atoms with Crippen LogP contribution in [0.4, 0.5) is 22.4 Å². The molecule has 0 bridgehead atoms. The van der Waals surface area contributed by atoms with E-state index in [9.17, 15) is 32.3 Å². The average Bonchev–Trinajstić information content (AvgIpc) is 3.26. The fourth-order valence-corrected chi connectivity index (χ4v) is 4.28. The average molecular weight is 490 g/mol. The SMILES string of the molecule is Cc1ccc(CN2CCN(C(=O)OC(C)C(F)(F)F)CC2)c(OCC2(C(=O)O)CCCC2)c1F. The number of amides is 1. The molecule has 1 unspecified atom stereocenters. The van der Waals surface area contributed by atoms with Gasteiger partial charge in [0.15, 0.2) is 17.7 Å². The summed E-state index contributed by atoms with van der Waals surface area (Å²) in [7, 11) is 0. The fourth-order valence-electron chi connectivity index (χ4n) is 4.28. The standard InChI is InChI=1S/C23H30F4N2O5/c1-15-5-6-17(19(18(15)24)33-14-22(20(30)31)7-3-4-8-22)13-28-9-11-29(12-10-28)21(32)34-16(2)23(25,26)27/h5-6,16H,3-4,7-14H2,1-2H3,(H,30,31). The third kappa shape index (κ3) is 5.92. The van der Waals surface area contributed by atoms with Crippen LogP contribution in [-0.2, 0) is 16.1 Å². The first-order valence-electron chi connectivity index (χ1n) is 11.3. The van der Waals surface area contributed by atoms with Gasteiger partial charge in [-0.3, -0.25) is 9.69 Å². The predicted octanol–water partition coefficient (Wildman–Crippen LogP) is 4.36. The number of ether oxygens (including phenoxy) is 2. The highest BCUT2D eigenvalue weighted by atomic mass is 19.4. The highest BCUT2D eigenvalue weighted by Gasteiger charge is 2.43. The van der Waals surface area contributed by atoms with Crippen LogP contribution in [0.3, 0.4) is 0 Å². The highest BCUT2D eigenvalue weighted by molar-refractivity contribution is 5.75. The van der Waals surface area contributed by atoms with Crippen molar-refractivity contribution in [1.82, 2.24) is 9.80 Å². The number of aliphatic carboxylic acids is 1. The van der Waals surface area contributed by atoms with Crippen LogP contribution < -0.4 is 4.74 Å². The van der Waals surface area contributed by atoms with E-state index in [1.54, 1.807) is 19.1 Å². The zero-order chi connectivity index (χ0) is 25.1. The van der Waals surface area contributed by atoms with E-state index in [1.807, 2.05) is 4.90 Å². The Kier molecular flexibility index (Phi) is 7.95. The minimum Gasteiger partial charge on any atom is -0.489 e. The van der Waals surface area contributed by atoms with Gasteiger partial charge in [0.2, 0.25) is 0 Å². The van der Waals surface area contributed by atoms with Crippen LogP contribution in [0.15, 0.2) is 12.1 Å². The van der Waals surface area contributed by atoms with Crippen molar-refractivity contribution in [2.75, 3.05) is 32.8 Å². The Morgan fingerprint density at radius 1 is 1.15 bits per heavy atom. The first kappa shape index (κ1) is 26.1. The van der Waals surface area contributed by atoms with Crippen LogP contribution >= 0.6 is 0 Å². The maximum Gasteiger partial charge on any atom is 0.425 e. The number of piperazine rings is 1. The number of alkyl halides is 3. The molecule has 0 aromatic heterocycles. The number of aryl methyl sites for hydroxylation is 1. The van der Waals surface area contributed by atoms with Crippen LogP contribution in [0.2, 0.25) is 0 Å². The number of carbonyl (C=O) groups excluding carboxylic acids is 1. The monoisotopic (exact) mass is 490 g/mol. The number of benzene rings is 1. The molecule has 1 saturated carbocycles. The molecule has 1 N–H and O–H groups in total. The van der Waals surface area contributed by atoms with Gasteiger partial charge >= 0.3 is 18.2 Å². The summed E-state index contributed by atoms with van der Waals surface area (Å²) >= 11 is 0. The minimum absolute atomic E-state index is 0.0216. The Morgan fingerprint density at radius 3 is 2.32 bits per heavy atom. The van der Waals surface area contributed by atoms with E-state index >= 15 is 0 Å². The van der Waals surface area contributed by atoms with Gasteiger partial charge in [-0.05, 0) is 32.3 Å². The van der Waals surface area contributed by atoms with Crippen LogP contribution in [0, 0.1) is 18.2 Å². The first-order valence-corrected chi connectivity index (χ1v) is 11.3. The van der Waals surface area contributed by atoms with E-state index in [-0.39, 0.29) is 32.0 Å². The fraction of sp³-hybridized carbons (Fsp3) is 0.652. The molecule has 1 aliphatic carbocycles. The molecular weight excluding hydrogens is 460 g/mol. The number of carboxylic acid groups (broad SMARTS) is 1. The van der Waals surface area contributed by atoms with E-state index < -0.39 is 35.6 Å². The lowest BCUT2D eigenvalue weighted by atomic mass is 9.87. The Bertz CT molecular complexity index is 894. The summed E-state index contributed by atoms with van der Waals surface area (Å²) in [4.78, 5) is 27.0. The maximum atomic E-state index is 14.9. The summed E-state index contributed by atoms with van der Waals surface area (Å²) in [6.07, 6.45) is -5.30. The van der Waals surface area contributed by atoms with Crippen LogP contribution in [-0.4, -0.2) is 72.0 Å². The van der Waals surface area contributed by atoms with Gasteiger partial charge in [-0.1, -0.05) is 25.0 Å². The zero-order valence-electron chi connectivity index (χ0n) is 19.3. The molecule has 0 radical (unpaired) electrons. The van der Waals surface area contributed by atoms with E-state index in [0.29, 0.717) is 37.1 Å². The van der Waals surface area contributed by atoms with E-state index in [0.717, 1.165) is 19.8 Å². The van der Waals surface area contributed by atoms with Gasteiger partial charge in [-0.2, -0.15) is 13.2 Å². The summed E-state index contributed by atoms with van der Waals surface area (Å²) in [6, 6.07) is 3.34. The molecule has 1 aromatic rings. The minimum atomic E-state index is -4.62. The van der Waals surface area contributed by atoms with Gasteiger partial charge in [-0.15, -0.1) is 0 Å². The molecule has 11 heteroatoms. The molecule has 2 aliphatic rings. The van der Waals surface area contributed by atoms with Crippen LogP contribution in [0.5, 0.6) is 5.75 Å². The summed E-state index contributed by atoms with van der Waals surface area (Å²) in [5.74, 6) is -1.46. The number of hydrogen-bond donors (Lipinski definition) is 1.